The molecule has 1 unspecified atom stereocenters. The van der Waals surface area contributed by atoms with Crippen LogP contribution < -0.4 is 10.5 Å². The smallest absolute Gasteiger partial charge is 0.270 e. The van der Waals surface area contributed by atoms with E-state index in [1.54, 1.807) is 6.92 Å². The van der Waals surface area contributed by atoms with Gasteiger partial charge in [-0.15, -0.1) is 0 Å². The number of nitro groups is 1. The van der Waals surface area contributed by atoms with Gasteiger partial charge in [-0.05, 0) is 19.4 Å². The van der Waals surface area contributed by atoms with Crippen LogP contribution in [-0.2, 0) is 10.0 Å². The Morgan fingerprint density at radius 1 is 1.45 bits per heavy atom. The number of nitro benzene ring substituents is 1. The zero-order valence-electron chi connectivity index (χ0n) is 11.5. The lowest BCUT2D eigenvalue weighted by atomic mass is 10.2. The average molecular weight is 301 g/mol. The molecule has 1 rings (SSSR count). The maximum absolute atomic E-state index is 12.2. The van der Waals surface area contributed by atoms with Crippen LogP contribution in [0.15, 0.2) is 23.1 Å². The quantitative estimate of drug-likeness (QED) is 0.454. The third-order valence-corrected chi connectivity index (χ3v) is 4.49. The molecule has 0 saturated carbocycles. The van der Waals surface area contributed by atoms with Crippen molar-refractivity contribution < 1.29 is 13.3 Å². The lowest BCUT2D eigenvalue weighted by Crippen LogP contribution is -2.33. The zero-order valence-corrected chi connectivity index (χ0v) is 12.3. The first-order valence-corrected chi connectivity index (χ1v) is 7.82. The molecule has 8 heteroatoms. The van der Waals surface area contributed by atoms with E-state index in [4.69, 9.17) is 5.73 Å². The summed E-state index contributed by atoms with van der Waals surface area (Å²) >= 11 is 0. The first-order chi connectivity index (χ1) is 9.27. The Bertz CT molecular complexity index is 586. The van der Waals surface area contributed by atoms with Crippen molar-refractivity contribution in [2.75, 3.05) is 5.73 Å². The molecule has 20 heavy (non-hydrogen) atoms. The van der Waals surface area contributed by atoms with Gasteiger partial charge in [-0.2, -0.15) is 0 Å². The van der Waals surface area contributed by atoms with E-state index in [9.17, 15) is 18.5 Å². The van der Waals surface area contributed by atoms with Crippen molar-refractivity contribution in [3.05, 3.63) is 28.3 Å². The summed E-state index contributed by atoms with van der Waals surface area (Å²) in [5.41, 5.74) is 5.30. The topological polar surface area (TPSA) is 115 Å². The number of nitrogen functional groups attached to an aromatic ring is 1. The molecule has 0 bridgehead atoms. The highest BCUT2D eigenvalue weighted by Crippen LogP contribution is 2.24. The Morgan fingerprint density at radius 3 is 2.65 bits per heavy atom. The van der Waals surface area contributed by atoms with Gasteiger partial charge in [-0.3, -0.25) is 10.1 Å². The average Bonchev–Trinajstić information content (AvgIpc) is 2.35. The molecule has 7 nitrogen and oxygen atoms in total. The highest BCUT2D eigenvalue weighted by molar-refractivity contribution is 7.89. The fourth-order valence-corrected chi connectivity index (χ4v) is 3.20. The van der Waals surface area contributed by atoms with Crippen molar-refractivity contribution in [2.45, 2.75) is 44.0 Å². The minimum Gasteiger partial charge on any atom is -0.398 e. The Labute approximate surface area is 118 Å². The number of nitrogens with two attached hydrogens (primary N) is 1. The molecule has 3 N–H and O–H groups in total. The van der Waals surface area contributed by atoms with Gasteiger partial charge < -0.3 is 5.73 Å². The summed E-state index contributed by atoms with van der Waals surface area (Å²) in [6.07, 6.45) is 2.56. The Balaban J connectivity index is 3.03. The van der Waals surface area contributed by atoms with E-state index in [-0.39, 0.29) is 22.3 Å². The molecule has 0 heterocycles. The van der Waals surface area contributed by atoms with Gasteiger partial charge >= 0.3 is 0 Å². The van der Waals surface area contributed by atoms with Crippen LogP contribution in [0.25, 0.3) is 0 Å². The third kappa shape index (κ3) is 4.17. The highest BCUT2D eigenvalue weighted by atomic mass is 32.2. The molecule has 1 atom stereocenters. The van der Waals surface area contributed by atoms with Gasteiger partial charge in [0.2, 0.25) is 10.0 Å². The van der Waals surface area contributed by atoms with Gasteiger partial charge in [-0.25, -0.2) is 13.1 Å². The largest absolute Gasteiger partial charge is 0.398 e. The molecule has 0 spiro atoms. The molecule has 0 aliphatic carbocycles. The number of rotatable bonds is 7. The summed E-state index contributed by atoms with van der Waals surface area (Å²) < 4.78 is 26.9. The van der Waals surface area contributed by atoms with Gasteiger partial charge in [0.05, 0.1) is 10.6 Å². The van der Waals surface area contributed by atoms with E-state index in [2.05, 4.69) is 4.72 Å². The molecule has 1 aromatic rings. The first kappa shape index (κ1) is 16.4. The van der Waals surface area contributed by atoms with E-state index < -0.39 is 14.9 Å². The van der Waals surface area contributed by atoms with Gasteiger partial charge in [0, 0.05) is 18.2 Å². The monoisotopic (exact) mass is 301 g/mol. The molecular weight excluding hydrogens is 282 g/mol. The van der Waals surface area contributed by atoms with Crippen LogP contribution in [0.4, 0.5) is 11.4 Å². The summed E-state index contributed by atoms with van der Waals surface area (Å²) in [4.78, 5) is 9.80. The molecule has 0 amide bonds. The van der Waals surface area contributed by atoms with E-state index in [1.165, 1.54) is 12.1 Å². The third-order valence-electron chi connectivity index (χ3n) is 2.84. The number of nitrogens with zero attached hydrogens (tertiary/aromatic N) is 1. The van der Waals surface area contributed by atoms with Crippen molar-refractivity contribution >= 4 is 21.4 Å². The van der Waals surface area contributed by atoms with Gasteiger partial charge in [-0.1, -0.05) is 19.8 Å². The molecule has 1 aromatic carbocycles. The molecule has 0 radical (unpaired) electrons. The van der Waals surface area contributed by atoms with Crippen molar-refractivity contribution in [1.82, 2.24) is 4.72 Å². The summed E-state index contributed by atoms with van der Waals surface area (Å²) in [5.74, 6) is 0. The molecule has 112 valence electrons. The number of hydrogen-bond acceptors (Lipinski definition) is 5. The van der Waals surface area contributed by atoms with Crippen LogP contribution in [0.2, 0.25) is 0 Å². The van der Waals surface area contributed by atoms with Crippen LogP contribution in [0.3, 0.4) is 0 Å². The van der Waals surface area contributed by atoms with E-state index in [0.29, 0.717) is 6.42 Å². The second-order valence-electron chi connectivity index (χ2n) is 4.64. The van der Waals surface area contributed by atoms with Gasteiger partial charge in [0.1, 0.15) is 4.90 Å². The SMILES string of the molecule is CCCCC(C)NS(=O)(=O)c1cc([N+](=O)[O-])ccc1N. The normalized spacial score (nSPS) is 13.1. The minimum absolute atomic E-state index is 0.00853. The Kier molecular flexibility index (Phi) is 5.46. The lowest BCUT2D eigenvalue weighted by molar-refractivity contribution is -0.385. The van der Waals surface area contributed by atoms with E-state index in [1.807, 2.05) is 6.92 Å². The first-order valence-electron chi connectivity index (χ1n) is 6.34. The van der Waals surface area contributed by atoms with Crippen molar-refractivity contribution in [3.63, 3.8) is 0 Å². The number of anilines is 1. The lowest BCUT2D eigenvalue weighted by Gasteiger charge is -2.14. The van der Waals surface area contributed by atoms with E-state index >= 15 is 0 Å². The van der Waals surface area contributed by atoms with Crippen LogP contribution in [-0.4, -0.2) is 19.4 Å². The molecule has 0 aromatic heterocycles. The highest BCUT2D eigenvalue weighted by Gasteiger charge is 2.22. The number of benzene rings is 1. The summed E-state index contributed by atoms with van der Waals surface area (Å²) in [6, 6.07) is 3.13. The number of non-ortho nitro benzene ring substituents is 1. The maximum atomic E-state index is 12.2. The molecular formula is C12H19N3O4S. The summed E-state index contributed by atoms with van der Waals surface area (Å²) in [6.45, 7) is 3.76. The van der Waals surface area contributed by atoms with Crippen molar-refractivity contribution in [3.8, 4) is 0 Å². The van der Waals surface area contributed by atoms with Gasteiger partial charge in [0.15, 0.2) is 0 Å². The Morgan fingerprint density at radius 2 is 2.10 bits per heavy atom. The van der Waals surface area contributed by atoms with Crippen molar-refractivity contribution in [2.24, 2.45) is 0 Å². The summed E-state index contributed by atoms with van der Waals surface area (Å²) in [5, 5.41) is 10.7. The number of nitrogens with one attached hydrogen (secondary N) is 1. The second-order valence-corrected chi connectivity index (χ2v) is 6.33. The fourth-order valence-electron chi connectivity index (χ4n) is 1.77. The number of sulfonamides is 1. The predicted octanol–water partition coefficient (Wildman–Crippen LogP) is 2.03. The number of unbranched alkanes of at least 4 members (excludes halogenated alkanes) is 1. The predicted molar refractivity (Wildman–Crippen MR) is 76.8 cm³/mol. The summed E-state index contributed by atoms with van der Waals surface area (Å²) in [7, 11) is -3.86. The van der Waals surface area contributed by atoms with Crippen LogP contribution in [0.5, 0.6) is 0 Å². The van der Waals surface area contributed by atoms with Crippen LogP contribution in [0.1, 0.15) is 33.1 Å². The molecule has 0 aliphatic heterocycles. The standard InChI is InChI=1S/C12H19N3O4S/c1-3-4-5-9(2)14-20(18,19)12-8-10(15(16)17)6-7-11(12)13/h6-9,14H,3-5,13H2,1-2H3. The molecule has 0 saturated heterocycles. The zero-order chi connectivity index (χ0) is 15.3. The van der Waals surface area contributed by atoms with Crippen molar-refractivity contribution in [1.29, 1.82) is 0 Å². The second kappa shape index (κ2) is 6.67. The van der Waals surface area contributed by atoms with Crippen LogP contribution in [0, 0.1) is 10.1 Å². The Hall–Kier alpha value is -1.67. The minimum atomic E-state index is -3.86. The molecule has 0 fully saturated rings. The number of hydrogen-bond donors (Lipinski definition) is 2. The van der Waals surface area contributed by atoms with E-state index in [0.717, 1.165) is 18.9 Å². The maximum Gasteiger partial charge on any atom is 0.270 e. The van der Waals surface area contributed by atoms with Crippen LogP contribution >= 0.6 is 0 Å². The van der Waals surface area contributed by atoms with Gasteiger partial charge in [0.25, 0.3) is 5.69 Å². The molecule has 0 aliphatic rings. The fraction of sp³-hybridized carbons (Fsp3) is 0.500.